The predicted molar refractivity (Wildman–Crippen MR) is 62.8 cm³/mol. The molecule has 0 aromatic heterocycles. The van der Waals surface area contributed by atoms with E-state index in [9.17, 15) is 13.2 Å². The van der Waals surface area contributed by atoms with Gasteiger partial charge in [0.05, 0.1) is 11.3 Å². The molecule has 94 valence electrons. The van der Waals surface area contributed by atoms with Gasteiger partial charge in [-0.15, -0.1) is 0 Å². The highest BCUT2D eigenvalue weighted by atomic mass is 19.4. The second-order valence-corrected chi connectivity index (χ2v) is 3.72. The number of nitrogens with one attached hydrogen (secondary N) is 1. The van der Waals surface area contributed by atoms with Crippen molar-refractivity contribution in [1.29, 1.82) is 0 Å². The van der Waals surface area contributed by atoms with Crippen molar-refractivity contribution in [3.05, 3.63) is 54.1 Å². The van der Waals surface area contributed by atoms with Crippen LogP contribution in [0.2, 0.25) is 0 Å². The van der Waals surface area contributed by atoms with Crippen LogP contribution in [0.5, 0.6) is 5.75 Å². The van der Waals surface area contributed by atoms with Gasteiger partial charge in [0.2, 0.25) is 0 Å². The van der Waals surface area contributed by atoms with Crippen molar-refractivity contribution < 1.29 is 18.3 Å². The van der Waals surface area contributed by atoms with Crippen molar-refractivity contribution in [2.24, 2.45) is 0 Å². The molecule has 2 N–H and O–H groups in total. The molecular formula is C13H10F3NO. The Balaban J connectivity index is 2.39. The van der Waals surface area contributed by atoms with E-state index in [1.807, 2.05) is 0 Å². The third kappa shape index (κ3) is 2.74. The lowest BCUT2D eigenvalue weighted by Gasteiger charge is -2.14. The number of rotatable bonds is 2. The number of benzene rings is 2. The Hall–Kier alpha value is -2.17. The third-order valence-corrected chi connectivity index (χ3v) is 2.36. The molecule has 2 aromatic rings. The van der Waals surface area contributed by atoms with E-state index in [2.05, 4.69) is 5.32 Å². The first-order valence-corrected chi connectivity index (χ1v) is 5.19. The second kappa shape index (κ2) is 4.60. The summed E-state index contributed by atoms with van der Waals surface area (Å²) in [5.41, 5.74) is -0.438. The second-order valence-electron chi connectivity index (χ2n) is 3.72. The van der Waals surface area contributed by atoms with Crippen LogP contribution in [-0.4, -0.2) is 5.11 Å². The van der Waals surface area contributed by atoms with Crippen LogP contribution >= 0.6 is 0 Å². The minimum Gasteiger partial charge on any atom is -0.508 e. The minimum absolute atomic E-state index is 0.0912. The fourth-order valence-corrected chi connectivity index (χ4v) is 1.55. The van der Waals surface area contributed by atoms with Crippen LogP contribution in [0, 0.1) is 0 Å². The number of hydrogen-bond acceptors (Lipinski definition) is 2. The number of aromatic hydroxyl groups is 1. The summed E-state index contributed by atoms with van der Waals surface area (Å²) in [4.78, 5) is 0. The Kier molecular flexibility index (Phi) is 3.14. The summed E-state index contributed by atoms with van der Waals surface area (Å²) >= 11 is 0. The number of phenolic OH excluding ortho intramolecular Hbond substituents is 1. The molecule has 2 rings (SSSR count). The van der Waals surface area contributed by atoms with Crippen molar-refractivity contribution >= 4 is 11.4 Å². The van der Waals surface area contributed by atoms with Gasteiger partial charge in [-0.2, -0.15) is 13.2 Å². The van der Waals surface area contributed by atoms with Gasteiger partial charge in [0, 0.05) is 5.69 Å². The lowest BCUT2D eigenvalue weighted by Crippen LogP contribution is -2.08. The molecule has 0 fully saturated rings. The summed E-state index contributed by atoms with van der Waals surface area (Å²) in [6.07, 6.45) is -4.52. The zero-order chi connectivity index (χ0) is 13.2. The molecular weight excluding hydrogens is 243 g/mol. The number of phenols is 1. The summed E-state index contributed by atoms with van der Waals surface area (Å²) < 4.78 is 38.3. The van der Waals surface area contributed by atoms with E-state index in [4.69, 9.17) is 5.11 Å². The van der Waals surface area contributed by atoms with Crippen molar-refractivity contribution in [3.63, 3.8) is 0 Å². The monoisotopic (exact) mass is 253 g/mol. The smallest absolute Gasteiger partial charge is 0.418 e. The van der Waals surface area contributed by atoms with Gasteiger partial charge in [0.25, 0.3) is 0 Å². The average Bonchev–Trinajstić information content (AvgIpc) is 2.31. The SMILES string of the molecule is Oc1ccc(Nc2ccccc2)c(C(F)(F)F)c1. The van der Waals surface area contributed by atoms with Gasteiger partial charge in [-0.1, -0.05) is 18.2 Å². The number of alkyl halides is 3. The van der Waals surface area contributed by atoms with E-state index in [0.717, 1.165) is 0 Å². The zero-order valence-corrected chi connectivity index (χ0v) is 9.20. The van der Waals surface area contributed by atoms with Crippen molar-refractivity contribution in [1.82, 2.24) is 0 Å². The maximum absolute atomic E-state index is 12.8. The normalized spacial score (nSPS) is 11.3. The Bertz CT molecular complexity index is 538. The zero-order valence-electron chi connectivity index (χ0n) is 9.20. The number of hydrogen-bond donors (Lipinski definition) is 2. The largest absolute Gasteiger partial charge is 0.508 e. The maximum Gasteiger partial charge on any atom is 0.418 e. The number of halogens is 3. The van der Waals surface area contributed by atoms with Gasteiger partial charge in [-0.05, 0) is 30.3 Å². The first kappa shape index (κ1) is 12.3. The molecule has 5 heteroatoms. The molecule has 0 saturated carbocycles. The molecule has 0 unspecified atom stereocenters. The molecule has 2 aromatic carbocycles. The van der Waals surface area contributed by atoms with Gasteiger partial charge >= 0.3 is 6.18 Å². The standard InChI is InChI=1S/C13H10F3NO/c14-13(15,16)11-8-10(18)6-7-12(11)17-9-4-2-1-3-5-9/h1-8,17-18H. The fraction of sp³-hybridized carbons (Fsp3) is 0.0769. The summed E-state index contributed by atoms with van der Waals surface area (Å²) in [7, 11) is 0. The quantitative estimate of drug-likeness (QED) is 0.788. The minimum atomic E-state index is -4.52. The molecule has 0 aliphatic carbocycles. The molecule has 0 bridgehead atoms. The molecule has 0 aliphatic rings. The molecule has 0 heterocycles. The van der Waals surface area contributed by atoms with Gasteiger partial charge in [0.15, 0.2) is 0 Å². The van der Waals surface area contributed by atoms with E-state index in [-0.39, 0.29) is 5.69 Å². The first-order valence-electron chi connectivity index (χ1n) is 5.19. The van der Waals surface area contributed by atoms with Crippen LogP contribution < -0.4 is 5.32 Å². The number of para-hydroxylation sites is 1. The van der Waals surface area contributed by atoms with Crippen molar-refractivity contribution in [2.45, 2.75) is 6.18 Å². The van der Waals surface area contributed by atoms with E-state index < -0.39 is 17.5 Å². The van der Waals surface area contributed by atoms with Crippen LogP contribution in [0.15, 0.2) is 48.5 Å². The topological polar surface area (TPSA) is 32.3 Å². The molecule has 18 heavy (non-hydrogen) atoms. The van der Waals surface area contributed by atoms with E-state index in [0.29, 0.717) is 11.8 Å². The van der Waals surface area contributed by atoms with Crippen LogP contribution in [-0.2, 0) is 6.18 Å². The van der Waals surface area contributed by atoms with Crippen LogP contribution in [0.1, 0.15) is 5.56 Å². The molecule has 0 atom stereocenters. The summed E-state index contributed by atoms with van der Waals surface area (Å²) in [6.45, 7) is 0. The highest BCUT2D eigenvalue weighted by molar-refractivity contribution is 5.65. The molecule has 0 amide bonds. The molecule has 0 saturated heterocycles. The Labute approximate surface area is 102 Å². The van der Waals surface area contributed by atoms with Crippen molar-refractivity contribution in [2.75, 3.05) is 5.32 Å². The van der Waals surface area contributed by atoms with Crippen LogP contribution in [0.3, 0.4) is 0 Å². The average molecular weight is 253 g/mol. The van der Waals surface area contributed by atoms with E-state index in [1.165, 1.54) is 12.1 Å². The predicted octanol–water partition coefficient (Wildman–Crippen LogP) is 4.15. The molecule has 2 nitrogen and oxygen atoms in total. The maximum atomic E-state index is 12.8. The lowest BCUT2D eigenvalue weighted by molar-refractivity contribution is -0.137. The summed E-state index contributed by atoms with van der Waals surface area (Å²) in [6, 6.07) is 11.6. The van der Waals surface area contributed by atoms with Gasteiger partial charge in [-0.25, -0.2) is 0 Å². The third-order valence-electron chi connectivity index (χ3n) is 2.36. The lowest BCUT2D eigenvalue weighted by atomic mass is 10.1. The summed E-state index contributed by atoms with van der Waals surface area (Å²) in [5, 5.41) is 11.8. The summed E-state index contributed by atoms with van der Waals surface area (Å²) in [5.74, 6) is -0.416. The Morgan fingerprint density at radius 2 is 1.61 bits per heavy atom. The van der Waals surface area contributed by atoms with Crippen LogP contribution in [0.4, 0.5) is 24.5 Å². The van der Waals surface area contributed by atoms with Crippen molar-refractivity contribution in [3.8, 4) is 5.75 Å². The highest BCUT2D eigenvalue weighted by Gasteiger charge is 2.33. The molecule has 0 radical (unpaired) electrons. The van der Waals surface area contributed by atoms with Crippen LogP contribution in [0.25, 0.3) is 0 Å². The fourth-order valence-electron chi connectivity index (χ4n) is 1.55. The highest BCUT2D eigenvalue weighted by Crippen LogP contribution is 2.37. The van der Waals surface area contributed by atoms with Gasteiger partial charge in [-0.3, -0.25) is 0 Å². The molecule has 0 spiro atoms. The molecule has 0 aliphatic heterocycles. The Morgan fingerprint density at radius 1 is 0.944 bits per heavy atom. The van der Waals surface area contributed by atoms with Gasteiger partial charge in [0.1, 0.15) is 5.75 Å². The number of anilines is 2. The Morgan fingerprint density at radius 3 is 2.22 bits per heavy atom. The van der Waals surface area contributed by atoms with E-state index in [1.54, 1.807) is 30.3 Å². The van der Waals surface area contributed by atoms with Gasteiger partial charge < -0.3 is 10.4 Å². The first-order chi connectivity index (χ1) is 8.47. The van der Waals surface area contributed by atoms with E-state index >= 15 is 0 Å².